The minimum atomic E-state index is -0.00365. The van der Waals surface area contributed by atoms with Crippen molar-refractivity contribution in [3.05, 3.63) is 16.1 Å². The van der Waals surface area contributed by atoms with E-state index >= 15 is 0 Å². The number of carbonyl (C=O) groups excluding carboxylic acids is 1. The molecule has 5 heteroatoms. The molecule has 0 radical (unpaired) electrons. The zero-order chi connectivity index (χ0) is 11.3. The lowest BCUT2D eigenvalue weighted by Crippen LogP contribution is -2.33. The molecule has 1 rings (SSSR count). The highest BCUT2D eigenvalue weighted by molar-refractivity contribution is 7.09. The Kier molecular flexibility index (Phi) is 4.71. The second kappa shape index (κ2) is 5.82. The number of amides is 1. The van der Waals surface area contributed by atoms with Crippen LogP contribution in [0.1, 0.15) is 17.6 Å². The van der Waals surface area contributed by atoms with Gasteiger partial charge in [-0.3, -0.25) is 4.79 Å². The molecule has 1 unspecified atom stereocenters. The highest BCUT2D eigenvalue weighted by Gasteiger charge is 2.11. The predicted octanol–water partition coefficient (Wildman–Crippen LogP) is 0.923. The molecular formula is C10H17N3OS. The third-order valence-electron chi connectivity index (χ3n) is 2.04. The van der Waals surface area contributed by atoms with E-state index in [1.54, 1.807) is 11.3 Å². The van der Waals surface area contributed by atoms with E-state index in [0.717, 1.165) is 10.7 Å². The van der Waals surface area contributed by atoms with Gasteiger partial charge in [-0.15, -0.1) is 11.3 Å². The van der Waals surface area contributed by atoms with Gasteiger partial charge in [-0.2, -0.15) is 0 Å². The second-order valence-electron chi connectivity index (χ2n) is 3.56. The van der Waals surface area contributed by atoms with Gasteiger partial charge >= 0.3 is 0 Å². The second-order valence-corrected chi connectivity index (χ2v) is 4.50. The minimum absolute atomic E-state index is 0.00365. The van der Waals surface area contributed by atoms with Crippen molar-refractivity contribution < 1.29 is 4.79 Å². The number of nitrogens with one attached hydrogen (secondary N) is 2. The maximum absolute atomic E-state index is 11.5. The van der Waals surface area contributed by atoms with Crippen LogP contribution in [0.25, 0.3) is 0 Å². The molecule has 0 bridgehead atoms. The SMILES string of the molecule is CNCC(C)C(=O)NCc1nc(C)cs1. The molecule has 1 aromatic rings. The summed E-state index contributed by atoms with van der Waals surface area (Å²) in [6, 6.07) is 0. The number of aromatic nitrogens is 1. The molecule has 1 amide bonds. The topological polar surface area (TPSA) is 54.0 Å². The molecular weight excluding hydrogens is 210 g/mol. The fourth-order valence-corrected chi connectivity index (χ4v) is 1.93. The minimum Gasteiger partial charge on any atom is -0.349 e. The summed E-state index contributed by atoms with van der Waals surface area (Å²) in [6.45, 7) is 5.08. The Balaban J connectivity index is 2.34. The van der Waals surface area contributed by atoms with Crippen LogP contribution in [0.15, 0.2) is 5.38 Å². The van der Waals surface area contributed by atoms with Crippen molar-refractivity contribution in [3.8, 4) is 0 Å². The standard InChI is InChI=1S/C10H17N3OS/c1-7(4-11-3)10(14)12-5-9-13-8(2)6-15-9/h6-7,11H,4-5H2,1-3H3,(H,12,14). The van der Waals surface area contributed by atoms with Gasteiger partial charge in [0.1, 0.15) is 5.01 Å². The Morgan fingerprint density at radius 1 is 1.67 bits per heavy atom. The molecule has 4 nitrogen and oxygen atoms in total. The fraction of sp³-hybridized carbons (Fsp3) is 0.600. The maximum atomic E-state index is 11.5. The zero-order valence-corrected chi connectivity index (χ0v) is 10.1. The number of thiazole rings is 1. The third kappa shape index (κ3) is 3.97. The normalized spacial score (nSPS) is 12.5. The Morgan fingerprint density at radius 3 is 2.93 bits per heavy atom. The van der Waals surface area contributed by atoms with Crippen LogP contribution < -0.4 is 10.6 Å². The molecule has 1 heterocycles. The number of aryl methyl sites for hydroxylation is 1. The quantitative estimate of drug-likeness (QED) is 0.786. The monoisotopic (exact) mass is 227 g/mol. The molecule has 0 saturated carbocycles. The highest BCUT2D eigenvalue weighted by Crippen LogP contribution is 2.08. The van der Waals surface area contributed by atoms with E-state index in [4.69, 9.17) is 0 Å². The average Bonchev–Trinajstić information content (AvgIpc) is 2.61. The molecule has 84 valence electrons. The van der Waals surface area contributed by atoms with Crippen molar-refractivity contribution in [3.63, 3.8) is 0 Å². The Bertz CT molecular complexity index is 324. The number of hydrogen-bond donors (Lipinski definition) is 2. The van der Waals surface area contributed by atoms with Crippen LogP contribution in [0.4, 0.5) is 0 Å². The highest BCUT2D eigenvalue weighted by atomic mass is 32.1. The Hall–Kier alpha value is -0.940. The van der Waals surface area contributed by atoms with Gasteiger partial charge in [0.15, 0.2) is 0 Å². The molecule has 0 saturated heterocycles. The van der Waals surface area contributed by atoms with Crippen LogP contribution in [-0.2, 0) is 11.3 Å². The van der Waals surface area contributed by atoms with Gasteiger partial charge in [0.25, 0.3) is 0 Å². The summed E-state index contributed by atoms with van der Waals surface area (Å²) >= 11 is 1.58. The Labute approximate surface area is 94.1 Å². The molecule has 0 aliphatic rings. The molecule has 0 aliphatic heterocycles. The zero-order valence-electron chi connectivity index (χ0n) is 9.33. The molecule has 0 fully saturated rings. The van der Waals surface area contributed by atoms with Gasteiger partial charge in [-0.1, -0.05) is 6.92 Å². The molecule has 15 heavy (non-hydrogen) atoms. The summed E-state index contributed by atoms with van der Waals surface area (Å²) in [5, 5.41) is 8.78. The summed E-state index contributed by atoms with van der Waals surface area (Å²) in [5.74, 6) is 0.0632. The lowest BCUT2D eigenvalue weighted by Gasteiger charge is -2.10. The molecule has 0 aromatic carbocycles. The molecule has 1 atom stereocenters. The average molecular weight is 227 g/mol. The summed E-state index contributed by atoms with van der Waals surface area (Å²) < 4.78 is 0. The van der Waals surface area contributed by atoms with Crippen molar-refractivity contribution in [2.75, 3.05) is 13.6 Å². The summed E-state index contributed by atoms with van der Waals surface area (Å²) in [4.78, 5) is 15.8. The maximum Gasteiger partial charge on any atom is 0.224 e. The van der Waals surface area contributed by atoms with Gasteiger partial charge in [-0.25, -0.2) is 4.98 Å². The van der Waals surface area contributed by atoms with Crippen molar-refractivity contribution >= 4 is 17.2 Å². The summed E-state index contributed by atoms with van der Waals surface area (Å²) in [7, 11) is 1.84. The fourth-order valence-electron chi connectivity index (χ4n) is 1.22. The Morgan fingerprint density at radius 2 is 2.40 bits per heavy atom. The van der Waals surface area contributed by atoms with E-state index < -0.39 is 0 Å². The first-order valence-electron chi connectivity index (χ1n) is 4.96. The summed E-state index contributed by atoms with van der Waals surface area (Å²) in [5.41, 5.74) is 1.01. The van der Waals surface area contributed by atoms with E-state index in [-0.39, 0.29) is 11.8 Å². The predicted molar refractivity (Wildman–Crippen MR) is 61.8 cm³/mol. The largest absolute Gasteiger partial charge is 0.349 e. The third-order valence-corrected chi connectivity index (χ3v) is 3.00. The number of carbonyl (C=O) groups is 1. The first-order valence-corrected chi connectivity index (χ1v) is 5.84. The lowest BCUT2D eigenvalue weighted by molar-refractivity contribution is -0.124. The van der Waals surface area contributed by atoms with Crippen molar-refractivity contribution in [1.29, 1.82) is 0 Å². The van der Waals surface area contributed by atoms with Crippen LogP contribution in [0, 0.1) is 12.8 Å². The van der Waals surface area contributed by atoms with Crippen molar-refractivity contribution in [2.24, 2.45) is 5.92 Å². The number of hydrogen-bond acceptors (Lipinski definition) is 4. The van der Waals surface area contributed by atoms with Crippen LogP contribution in [-0.4, -0.2) is 24.5 Å². The number of nitrogens with zero attached hydrogens (tertiary/aromatic N) is 1. The van der Waals surface area contributed by atoms with E-state index in [0.29, 0.717) is 13.1 Å². The van der Waals surface area contributed by atoms with Crippen LogP contribution >= 0.6 is 11.3 Å². The van der Waals surface area contributed by atoms with Gasteiger partial charge < -0.3 is 10.6 Å². The van der Waals surface area contributed by atoms with Gasteiger partial charge in [0.2, 0.25) is 5.91 Å². The first kappa shape index (κ1) is 12.1. The molecule has 1 aromatic heterocycles. The van der Waals surface area contributed by atoms with E-state index in [9.17, 15) is 4.79 Å². The van der Waals surface area contributed by atoms with Crippen LogP contribution in [0.2, 0.25) is 0 Å². The molecule has 2 N–H and O–H groups in total. The summed E-state index contributed by atoms with van der Waals surface area (Å²) in [6.07, 6.45) is 0. The van der Waals surface area contributed by atoms with Gasteiger partial charge in [0.05, 0.1) is 6.54 Å². The van der Waals surface area contributed by atoms with Gasteiger partial charge in [0, 0.05) is 23.5 Å². The lowest BCUT2D eigenvalue weighted by atomic mass is 10.1. The van der Waals surface area contributed by atoms with E-state index in [2.05, 4.69) is 15.6 Å². The van der Waals surface area contributed by atoms with Crippen LogP contribution in [0.5, 0.6) is 0 Å². The van der Waals surface area contributed by atoms with Crippen LogP contribution in [0.3, 0.4) is 0 Å². The van der Waals surface area contributed by atoms with Gasteiger partial charge in [-0.05, 0) is 14.0 Å². The smallest absolute Gasteiger partial charge is 0.224 e. The molecule has 0 aliphatic carbocycles. The van der Waals surface area contributed by atoms with Crippen molar-refractivity contribution in [2.45, 2.75) is 20.4 Å². The molecule has 0 spiro atoms. The van der Waals surface area contributed by atoms with E-state index in [1.807, 2.05) is 26.3 Å². The van der Waals surface area contributed by atoms with E-state index in [1.165, 1.54) is 0 Å². The van der Waals surface area contributed by atoms with Crippen molar-refractivity contribution in [1.82, 2.24) is 15.6 Å². The number of rotatable bonds is 5. The first-order chi connectivity index (χ1) is 7.13.